The Bertz CT molecular complexity index is 172. The summed E-state index contributed by atoms with van der Waals surface area (Å²) < 4.78 is 0. The molecule has 0 amide bonds. The van der Waals surface area contributed by atoms with Gasteiger partial charge >= 0.3 is 0 Å². The maximum Gasteiger partial charge on any atom is 0 e. The summed E-state index contributed by atoms with van der Waals surface area (Å²) >= 11 is 0. The van der Waals surface area contributed by atoms with Crippen LogP contribution in [-0.4, -0.2) is 0 Å². The van der Waals surface area contributed by atoms with Crippen LogP contribution in [0.5, 0.6) is 0 Å². The summed E-state index contributed by atoms with van der Waals surface area (Å²) in [6.07, 6.45) is 0. The molecule has 0 saturated carbocycles. The van der Waals surface area contributed by atoms with E-state index in [4.69, 9.17) is 0 Å². The molecule has 11 heavy (non-hydrogen) atoms. The van der Waals surface area contributed by atoms with Gasteiger partial charge in [0.15, 0.2) is 0 Å². The van der Waals surface area contributed by atoms with Crippen molar-refractivity contribution >= 4 is 24.8 Å². The van der Waals surface area contributed by atoms with Gasteiger partial charge in [-0.15, -0.1) is 24.8 Å². The number of aryl methyl sites for hydroxylation is 2. The van der Waals surface area contributed by atoms with E-state index in [2.05, 4.69) is 26.0 Å². The van der Waals surface area contributed by atoms with Gasteiger partial charge in [-0.25, -0.2) is 0 Å². The molecule has 3 heteroatoms. The maximum atomic E-state index is 3.03. The van der Waals surface area contributed by atoms with Gasteiger partial charge in [0.25, 0.3) is 0 Å². The zero-order valence-electron chi connectivity index (χ0n) is 6.55. The SMILES string of the molecule is Cc1c[c-]cc(C)c1.Cl.Cl.[Hf]. The predicted octanol–water partition coefficient (Wildman–Crippen LogP) is 2.94. The topological polar surface area (TPSA) is 0 Å². The standard InChI is InChI=1S/C8H9.2ClH.Hf/c1-7-4-3-5-8(2)6-7;;;/h4-6H,1-2H3;2*1H;/q-1;;;. The molecule has 0 aliphatic rings. The molecule has 0 nitrogen and oxygen atoms in total. The molecule has 62 valence electrons. The van der Waals surface area contributed by atoms with Gasteiger partial charge in [-0.1, -0.05) is 13.8 Å². The van der Waals surface area contributed by atoms with Gasteiger partial charge in [0, 0.05) is 25.8 Å². The summed E-state index contributed by atoms with van der Waals surface area (Å²) in [5, 5.41) is 0. The van der Waals surface area contributed by atoms with E-state index in [1.54, 1.807) is 0 Å². The third kappa shape index (κ3) is 7.05. The van der Waals surface area contributed by atoms with Crippen LogP contribution in [0.1, 0.15) is 11.1 Å². The third-order valence-corrected chi connectivity index (χ3v) is 1.08. The minimum absolute atomic E-state index is 0. The van der Waals surface area contributed by atoms with E-state index in [9.17, 15) is 0 Å². The molecular formula is C8H11Cl2Hf-. The monoisotopic (exact) mass is 357 g/mol. The van der Waals surface area contributed by atoms with Crippen molar-refractivity contribution < 1.29 is 25.8 Å². The van der Waals surface area contributed by atoms with Crippen molar-refractivity contribution in [3.63, 3.8) is 0 Å². The predicted molar refractivity (Wildman–Crippen MR) is 49.2 cm³/mol. The van der Waals surface area contributed by atoms with Crippen molar-refractivity contribution in [2.75, 3.05) is 0 Å². The van der Waals surface area contributed by atoms with Gasteiger partial charge in [0.2, 0.25) is 0 Å². The van der Waals surface area contributed by atoms with Crippen LogP contribution in [0.3, 0.4) is 0 Å². The van der Waals surface area contributed by atoms with E-state index in [1.807, 2.05) is 12.1 Å². The number of hydrogen-bond donors (Lipinski definition) is 0. The van der Waals surface area contributed by atoms with Gasteiger partial charge in [-0.05, 0) is 0 Å². The second kappa shape index (κ2) is 8.76. The molecule has 0 aromatic heterocycles. The molecular weight excluding hydrogens is 345 g/mol. The van der Waals surface area contributed by atoms with Crippen LogP contribution in [0.4, 0.5) is 0 Å². The molecule has 0 unspecified atom stereocenters. The van der Waals surface area contributed by atoms with E-state index in [-0.39, 0.29) is 50.7 Å². The first-order chi connectivity index (χ1) is 3.79. The Labute approximate surface area is 99.4 Å². The summed E-state index contributed by atoms with van der Waals surface area (Å²) in [7, 11) is 0. The van der Waals surface area contributed by atoms with E-state index in [0.717, 1.165) is 0 Å². The fraction of sp³-hybridized carbons (Fsp3) is 0.250. The van der Waals surface area contributed by atoms with E-state index < -0.39 is 0 Å². The van der Waals surface area contributed by atoms with Crippen molar-refractivity contribution in [1.29, 1.82) is 0 Å². The molecule has 0 bridgehead atoms. The summed E-state index contributed by atoms with van der Waals surface area (Å²) in [6, 6.07) is 9.12. The maximum absolute atomic E-state index is 3.03. The molecule has 0 N–H and O–H groups in total. The average molecular weight is 357 g/mol. The number of rotatable bonds is 0. The first kappa shape index (κ1) is 17.7. The largest absolute Gasteiger partial charge is 0.183 e. The Morgan fingerprint density at radius 1 is 1.00 bits per heavy atom. The summed E-state index contributed by atoms with van der Waals surface area (Å²) in [5.74, 6) is 0. The Balaban J connectivity index is -0.000000213. The van der Waals surface area contributed by atoms with Crippen LogP contribution in [0.15, 0.2) is 18.2 Å². The van der Waals surface area contributed by atoms with Gasteiger partial charge in [-0.2, -0.15) is 35.4 Å². The van der Waals surface area contributed by atoms with Gasteiger partial charge in [0.05, 0.1) is 0 Å². The smallest absolute Gasteiger partial charge is 0 e. The molecule has 0 fully saturated rings. The van der Waals surface area contributed by atoms with Crippen molar-refractivity contribution in [3.8, 4) is 0 Å². The number of halogens is 2. The Hall–Kier alpha value is 0.670. The van der Waals surface area contributed by atoms with Crippen LogP contribution in [-0.2, 0) is 25.8 Å². The third-order valence-electron chi connectivity index (χ3n) is 1.08. The van der Waals surface area contributed by atoms with Crippen LogP contribution in [0.25, 0.3) is 0 Å². The number of hydrogen-bond acceptors (Lipinski definition) is 0. The van der Waals surface area contributed by atoms with Crippen LogP contribution in [0.2, 0.25) is 0 Å². The van der Waals surface area contributed by atoms with Crippen LogP contribution < -0.4 is 0 Å². The Morgan fingerprint density at radius 3 is 1.55 bits per heavy atom. The van der Waals surface area contributed by atoms with Crippen LogP contribution in [0, 0.1) is 19.9 Å². The van der Waals surface area contributed by atoms with Gasteiger partial charge in [-0.3, -0.25) is 0 Å². The zero-order chi connectivity index (χ0) is 5.98. The van der Waals surface area contributed by atoms with E-state index >= 15 is 0 Å². The average Bonchev–Trinajstić information content (AvgIpc) is 1.64. The molecule has 0 spiro atoms. The molecule has 0 atom stereocenters. The Kier molecular flexibility index (Phi) is 14.1. The molecule has 0 aliphatic carbocycles. The molecule has 0 radical (unpaired) electrons. The van der Waals surface area contributed by atoms with Crippen molar-refractivity contribution in [2.24, 2.45) is 0 Å². The quantitative estimate of drug-likeness (QED) is 0.495. The molecule has 1 aromatic rings. The molecule has 0 heterocycles. The van der Waals surface area contributed by atoms with Gasteiger partial charge < -0.3 is 0 Å². The summed E-state index contributed by atoms with van der Waals surface area (Å²) in [6.45, 7) is 4.15. The van der Waals surface area contributed by atoms with Crippen molar-refractivity contribution in [1.82, 2.24) is 0 Å². The first-order valence-electron chi connectivity index (χ1n) is 2.73. The molecule has 1 rings (SSSR count). The van der Waals surface area contributed by atoms with Crippen LogP contribution >= 0.6 is 24.8 Å². The minimum Gasteiger partial charge on any atom is -0.183 e. The Morgan fingerprint density at radius 2 is 1.36 bits per heavy atom. The molecule has 0 saturated heterocycles. The number of benzene rings is 1. The van der Waals surface area contributed by atoms with E-state index in [1.165, 1.54) is 11.1 Å². The zero-order valence-corrected chi connectivity index (χ0v) is 11.8. The van der Waals surface area contributed by atoms with Crippen molar-refractivity contribution in [2.45, 2.75) is 13.8 Å². The van der Waals surface area contributed by atoms with E-state index in [0.29, 0.717) is 0 Å². The molecule has 1 aromatic carbocycles. The van der Waals surface area contributed by atoms with Crippen molar-refractivity contribution in [3.05, 3.63) is 35.4 Å². The first-order valence-corrected chi connectivity index (χ1v) is 2.73. The normalized spacial score (nSPS) is 6.73. The fourth-order valence-corrected chi connectivity index (χ4v) is 0.747. The fourth-order valence-electron chi connectivity index (χ4n) is 0.747. The second-order valence-electron chi connectivity index (χ2n) is 2.09. The summed E-state index contributed by atoms with van der Waals surface area (Å²) in [4.78, 5) is 0. The molecule has 0 aliphatic heterocycles. The minimum atomic E-state index is 0. The van der Waals surface area contributed by atoms with Gasteiger partial charge in [0.1, 0.15) is 0 Å². The second-order valence-corrected chi connectivity index (χ2v) is 2.09. The summed E-state index contributed by atoms with van der Waals surface area (Å²) in [5.41, 5.74) is 2.56.